The molecule has 0 aromatic rings. The Labute approximate surface area is 117 Å². The zero-order valence-electron chi connectivity index (χ0n) is 10.4. The predicted molar refractivity (Wildman–Crippen MR) is 67.9 cm³/mol. The van der Waals surface area contributed by atoms with Crippen molar-refractivity contribution in [3.8, 4) is 0 Å². The Hall–Kier alpha value is -0.170. The second kappa shape index (κ2) is 10.5. The molecule has 1 amide bonds. The SMILES string of the molecule is O=CNCCCCCCOP(=O)(O)OP(=O)(O)OP=O. The van der Waals surface area contributed by atoms with E-state index >= 15 is 0 Å². The van der Waals surface area contributed by atoms with Gasteiger partial charge < -0.3 is 15.1 Å². The van der Waals surface area contributed by atoms with E-state index in [9.17, 15) is 18.5 Å². The number of hydrogen-bond acceptors (Lipinski definition) is 7. The summed E-state index contributed by atoms with van der Waals surface area (Å²) in [6, 6.07) is 0. The number of phosphoric ester groups is 1. The van der Waals surface area contributed by atoms with Gasteiger partial charge in [0.15, 0.2) is 0 Å². The summed E-state index contributed by atoms with van der Waals surface area (Å²) in [5.74, 6) is 0. The van der Waals surface area contributed by atoms with E-state index in [2.05, 4.69) is 18.5 Å². The van der Waals surface area contributed by atoms with Gasteiger partial charge in [0, 0.05) is 6.54 Å². The lowest BCUT2D eigenvalue weighted by Gasteiger charge is -2.13. The van der Waals surface area contributed by atoms with E-state index in [1.54, 1.807) is 0 Å². The number of rotatable bonds is 13. The van der Waals surface area contributed by atoms with Crippen LogP contribution < -0.4 is 5.32 Å². The zero-order valence-corrected chi connectivity index (χ0v) is 13.1. The number of carbonyl (C=O) groups excluding carboxylic acids is 1. The number of hydrogen-bond donors (Lipinski definition) is 3. The van der Waals surface area contributed by atoms with Crippen LogP contribution in [-0.4, -0.2) is 29.3 Å². The van der Waals surface area contributed by atoms with Crippen LogP contribution in [0.2, 0.25) is 0 Å². The molecule has 2 atom stereocenters. The van der Waals surface area contributed by atoms with Crippen LogP contribution in [0.1, 0.15) is 25.7 Å². The molecular formula is C7H16NO9P3. The zero-order chi connectivity index (χ0) is 15.5. The first kappa shape index (κ1) is 19.8. The van der Waals surface area contributed by atoms with Crippen LogP contribution in [0.15, 0.2) is 0 Å². The minimum absolute atomic E-state index is 0.163. The summed E-state index contributed by atoms with van der Waals surface area (Å²) in [6.45, 7) is 0.384. The molecule has 0 aromatic heterocycles. The highest BCUT2D eigenvalue weighted by atomic mass is 31.3. The molecule has 10 nitrogen and oxygen atoms in total. The van der Waals surface area contributed by atoms with E-state index < -0.39 is 24.3 Å². The van der Waals surface area contributed by atoms with Crippen molar-refractivity contribution in [2.24, 2.45) is 0 Å². The van der Waals surface area contributed by atoms with Crippen molar-refractivity contribution < 1.29 is 41.4 Å². The molecule has 0 spiro atoms. The first-order chi connectivity index (χ1) is 9.33. The maximum Gasteiger partial charge on any atom is 0.491 e. The van der Waals surface area contributed by atoms with Gasteiger partial charge in [0.25, 0.3) is 0 Å². The number of carbonyl (C=O) groups is 1. The van der Waals surface area contributed by atoms with E-state index in [4.69, 9.17) is 9.79 Å². The summed E-state index contributed by atoms with van der Waals surface area (Å²) in [5, 5.41) is 2.49. The van der Waals surface area contributed by atoms with E-state index in [1.165, 1.54) is 0 Å². The Kier molecular flexibility index (Phi) is 10.5. The number of unbranched alkanes of at least 4 members (excludes halogenated alkanes) is 3. The van der Waals surface area contributed by atoms with Crippen LogP contribution in [-0.2, 0) is 31.6 Å². The summed E-state index contributed by atoms with van der Waals surface area (Å²) < 4.78 is 44.1. The Morgan fingerprint density at radius 3 is 2.35 bits per heavy atom. The maximum absolute atomic E-state index is 11.2. The molecule has 0 rings (SSSR count). The lowest BCUT2D eigenvalue weighted by atomic mass is 10.2. The number of amides is 1. The molecule has 0 bridgehead atoms. The molecule has 0 heterocycles. The highest BCUT2D eigenvalue weighted by Gasteiger charge is 2.35. The van der Waals surface area contributed by atoms with Crippen LogP contribution >= 0.6 is 24.3 Å². The van der Waals surface area contributed by atoms with Crippen LogP contribution in [0.3, 0.4) is 0 Å². The second-order valence-corrected chi connectivity index (χ2v) is 7.08. The summed E-state index contributed by atoms with van der Waals surface area (Å²) in [7, 11) is -10.8. The quantitative estimate of drug-likeness (QED) is 0.256. The summed E-state index contributed by atoms with van der Waals surface area (Å²) in [5.41, 5.74) is 0. The van der Waals surface area contributed by atoms with Crippen molar-refractivity contribution in [1.82, 2.24) is 5.32 Å². The van der Waals surface area contributed by atoms with Crippen molar-refractivity contribution >= 4 is 30.7 Å². The largest absolute Gasteiger partial charge is 0.491 e. The average molecular weight is 351 g/mol. The van der Waals surface area contributed by atoms with Crippen LogP contribution in [0.25, 0.3) is 0 Å². The van der Waals surface area contributed by atoms with E-state index in [0.717, 1.165) is 12.8 Å². The third-order valence-electron chi connectivity index (χ3n) is 1.90. The van der Waals surface area contributed by atoms with Crippen LogP contribution in [0, 0.1) is 0 Å². The van der Waals surface area contributed by atoms with E-state index in [-0.39, 0.29) is 6.61 Å². The van der Waals surface area contributed by atoms with E-state index in [0.29, 0.717) is 25.8 Å². The van der Waals surface area contributed by atoms with Crippen molar-refractivity contribution in [2.45, 2.75) is 25.7 Å². The standard InChI is InChI=1S/C7H16NO9P3/c9-7-8-5-3-1-2-4-6-15-19(11,12)17-20(13,14)16-18-10/h7H,1-6H2,(H,8,9)(H,11,12)(H,13,14). The summed E-state index contributed by atoms with van der Waals surface area (Å²) >= 11 is 0. The molecule has 0 saturated carbocycles. The van der Waals surface area contributed by atoms with Gasteiger partial charge in [-0.25, -0.2) is 13.7 Å². The number of nitrogens with one attached hydrogen (secondary N) is 1. The third kappa shape index (κ3) is 11.6. The van der Waals surface area contributed by atoms with Crippen molar-refractivity contribution in [2.75, 3.05) is 13.2 Å². The molecule has 0 aliphatic carbocycles. The molecule has 20 heavy (non-hydrogen) atoms. The normalized spacial score (nSPS) is 17.3. The van der Waals surface area contributed by atoms with Gasteiger partial charge in [-0.1, -0.05) is 12.8 Å². The topological polar surface area (TPSA) is 148 Å². The van der Waals surface area contributed by atoms with Gasteiger partial charge in [-0.2, -0.15) is 8.62 Å². The van der Waals surface area contributed by atoms with Crippen molar-refractivity contribution in [3.63, 3.8) is 0 Å². The third-order valence-corrected chi connectivity index (χ3v) is 5.15. The summed E-state index contributed by atoms with van der Waals surface area (Å²) in [4.78, 5) is 27.9. The fourth-order valence-electron chi connectivity index (χ4n) is 1.13. The maximum atomic E-state index is 11.2. The van der Waals surface area contributed by atoms with Crippen molar-refractivity contribution in [1.29, 1.82) is 0 Å². The van der Waals surface area contributed by atoms with Gasteiger partial charge in [-0.3, -0.25) is 9.32 Å². The van der Waals surface area contributed by atoms with Crippen LogP contribution in [0.4, 0.5) is 0 Å². The monoisotopic (exact) mass is 351 g/mol. The van der Waals surface area contributed by atoms with Crippen LogP contribution in [0.5, 0.6) is 0 Å². The fourth-order valence-corrected chi connectivity index (χ4v) is 3.45. The number of phosphoric acid groups is 2. The molecular weight excluding hydrogens is 335 g/mol. The highest BCUT2D eigenvalue weighted by molar-refractivity contribution is 7.63. The highest BCUT2D eigenvalue weighted by Crippen LogP contribution is 2.61. The molecule has 0 radical (unpaired) electrons. The lowest BCUT2D eigenvalue weighted by molar-refractivity contribution is -0.109. The molecule has 0 aliphatic heterocycles. The van der Waals surface area contributed by atoms with Gasteiger partial charge in [0.05, 0.1) is 6.61 Å². The van der Waals surface area contributed by atoms with Gasteiger partial charge in [-0.05, 0) is 12.8 Å². The minimum Gasteiger partial charge on any atom is -0.359 e. The molecule has 13 heteroatoms. The fraction of sp³-hybridized carbons (Fsp3) is 0.857. The van der Waals surface area contributed by atoms with Gasteiger partial charge >= 0.3 is 24.3 Å². The molecule has 0 aromatic carbocycles. The second-order valence-electron chi connectivity index (χ2n) is 3.49. The van der Waals surface area contributed by atoms with Crippen molar-refractivity contribution in [3.05, 3.63) is 0 Å². The first-order valence-electron chi connectivity index (χ1n) is 5.53. The van der Waals surface area contributed by atoms with Gasteiger partial charge in [-0.15, -0.1) is 0 Å². The smallest absolute Gasteiger partial charge is 0.359 e. The molecule has 2 unspecified atom stereocenters. The Balaban J connectivity index is 3.77. The predicted octanol–water partition coefficient (Wildman–Crippen LogP) is 1.75. The lowest BCUT2D eigenvalue weighted by Crippen LogP contribution is -2.11. The van der Waals surface area contributed by atoms with E-state index in [1.807, 2.05) is 0 Å². The average Bonchev–Trinajstić information content (AvgIpc) is 2.31. The summed E-state index contributed by atoms with van der Waals surface area (Å²) in [6.07, 6.45) is 3.23. The molecule has 0 aliphatic rings. The first-order valence-corrected chi connectivity index (χ1v) is 9.25. The molecule has 118 valence electrons. The van der Waals surface area contributed by atoms with Gasteiger partial charge in [0.2, 0.25) is 6.41 Å². The Morgan fingerprint density at radius 1 is 1.10 bits per heavy atom. The Bertz CT molecular complexity index is 390. The Morgan fingerprint density at radius 2 is 1.75 bits per heavy atom. The van der Waals surface area contributed by atoms with Gasteiger partial charge in [0.1, 0.15) is 0 Å². The molecule has 0 fully saturated rings. The minimum atomic E-state index is -4.89. The molecule has 0 saturated heterocycles. The molecule has 3 N–H and O–H groups in total.